The van der Waals surface area contributed by atoms with Gasteiger partial charge in [-0.05, 0) is 78.8 Å². The third-order valence-corrected chi connectivity index (χ3v) is 8.78. The number of fused-ring (bicyclic) bond motifs is 7. The lowest BCUT2D eigenvalue weighted by molar-refractivity contribution is 1.47. The molecule has 0 radical (unpaired) electrons. The van der Waals surface area contributed by atoms with Gasteiger partial charge in [-0.25, -0.2) is 4.98 Å². The minimum atomic E-state index is 1.06. The molecule has 39 heavy (non-hydrogen) atoms. The Hall–Kier alpha value is -4.79. The second-order valence-electron chi connectivity index (χ2n) is 10.00. The Bertz CT molecular complexity index is 2100. The van der Waals surface area contributed by atoms with E-state index in [-0.39, 0.29) is 0 Å². The Morgan fingerprint density at radius 3 is 1.54 bits per heavy atom. The zero-order valence-corrected chi connectivity index (χ0v) is 22.0. The summed E-state index contributed by atoms with van der Waals surface area (Å²) in [6.07, 6.45) is 0. The van der Waals surface area contributed by atoms with Gasteiger partial charge in [-0.1, -0.05) is 115 Å². The molecule has 0 bridgehead atoms. The van der Waals surface area contributed by atoms with E-state index in [1.165, 1.54) is 59.3 Å². The average Bonchev–Trinajstić information content (AvgIpc) is 3.46. The van der Waals surface area contributed by atoms with Crippen molar-refractivity contribution < 1.29 is 0 Å². The monoisotopic (exact) mass is 513 g/mol. The third-order valence-electron chi connectivity index (χ3n) is 7.70. The van der Waals surface area contributed by atoms with Gasteiger partial charge < -0.3 is 0 Å². The van der Waals surface area contributed by atoms with Gasteiger partial charge in [0.2, 0.25) is 0 Å². The van der Waals surface area contributed by atoms with Crippen molar-refractivity contribution in [3.05, 3.63) is 140 Å². The van der Waals surface area contributed by atoms with Gasteiger partial charge in [0.25, 0.3) is 0 Å². The minimum Gasteiger partial charge on any atom is -0.236 e. The molecule has 0 unspecified atom stereocenters. The predicted octanol–water partition coefficient (Wildman–Crippen LogP) is 10.8. The van der Waals surface area contributed by atoms with Crippen molar-refractivity contribution in [3.8, 4) is 32.8 Å². The van der Waals surface area contributed by atoms with Gasteiger partial charge in [0, 0.05) is 5.56 Å². The summed E-state index contributed by atoms with van der Waals surface area (Å²) in [6.45, 7) is 0. The minimum absolute atomic E-state index is 1.06. The van der Waals surface area contributed by atoms with Gasteiger partial charge in [0.15, 0.2) is 0 Å². The molecular weight excluding hydrogens is 490 g/mol. The summed E-state index contributed by atoms with van der Waals surface area (Å²) in [5, 5.41) is 8.89. The van der Waals surface area contributed by atoms with Gasteiger partial charge in [-0.15, -0.1) is 11.3 Å². The number of para-hydroxylation sites is 1. The number of aromatic nitrogens is 1. The molecule has 7 aromatic carbocycles. The van der Waals surface area contributed by atoms with E-state index in [1.54, 1.807) is 11.3 Å². The molecule has 1 nitrogen and oxygen atoms in total. The maximum absolute atomic E-state index is 4.86. The maximum Gasteiger partial charge on any atom is 0.124 e. The Morgan fingerprint density at radius 2 is 0.872 bits per heavy atom. The molecule has 0 fully saturated rings. The lowest BCUT2D eigenvalue weighted by Gasteiger charge is -2.12. The second-order valence-corrected chi connectivity index (χ2v) is 11.0. The molecule has 1 heterocycles. The smallest absolute Gasteiger partial charge is 0.124 e. The lowest BCUT2D eigenvalue weighted by atomic mass is 9.92. The van der Waals surface area contributed by atoms with Crippen LogP contribution in [0.15, 0.2) is 140 Å². The molecule has 0 amide bonds. The quantitative estimate of drug-likeness (QED) is 0.214. The standard InChI is InChI=1S/C37H23NS/c1-2-12-31-29(10-1)30-11-3-4-13-32(30)34-23-27(20-21-33(31)34)25-18-16-24(17-19-25)26-8-7-9-28(22-26)37-38-35-14-5-6-15-36(35)39-37/h1-23H. The van der Waals surface area contributed by atoms with Crippen molar-refractivity contribution in [1.29, 1.82) is 0 Å². The summed E-state index contributed by atoms with van der Waals surface area (Å²) in [5.41, 5.74) is 7.08. The van der Waals surface area contributed by atoms with Crippen molar-refractivity contribution in [2.45, 2.75) is 0 Å². The highest BCUT2D eigenvalue weighted by Gasteiger charge is 2.11. The van der Waals surface area contributed by atoms with Crippen LogP contribution >= 0.6 is 11.3 Å². The molecule has 8 aromatic rings. The van der Waals surface area contributed by atoms with Crippen molar-refractivity contribution in [3.63, 3.8) is 0 Å². The summed E-state index contributed by atoms with van der Waals surface area (Å²) < 4.78 is 1.22. The highest BCUT2D eigenvalue weighted by atomic mass is 32.1. The highest BCUT2D eigenvalue weighted by molar-refractivity contribution is 7.21. The number of benzene rings is 7. The summed E-state index contributed by atoms with van der Waals surface area (Å²) in [6, 6.07) is 50.4. The van der Waals surface area contributed by atoms with Crippen LogP contribution in [-0.4, -0.2) is 4.98 Å². The number of rotatable bonds is 3. The molecule has 0 saturated carbocycles. The van der Waals surface area contributed by atoms with E-state index in [9.17, 15) is 0 Å². The fraction of sp³-hybridized carbons (Fsp3) is 0. The fourth-order valence-corrected chi connectivity index (χ4v) is 6.73. The SMILES string of the molecule is c1cc(-c2ccc(-c3ccc4c5ccccc5c5ccccc5c4c3)cc2)cc(-c2nc3ccccc3s2)c1. The highest BCUT2D eigenvalue weighted by Crippen LogP contribution is 2.38. The Kier molecular flexibility index (Phi) is 5.07. The number of hydrogen-bond acceptors (Lipinski definition) is 2. The first kappa shape index (κ1) is 22.2. The number of nitrogens with zero attached hydrogens (tertiary/aromatic N) is 1. The number of thiazole rings is 1. The number of hydrogen-bond donors (Lipinski definition) is 0. The molecule has 0 aliphatic carbocycles. The summed E-state index contributed by atoms with van der Waals surface area (Å²) in [7, 11) is 0. The van der Waals surface area contributed by atoms with Crippen LogP contribution in [0.2, 0.25) is 0 Å². The van der Waals surface area contributed by atoms with Crippen molar-refractivity contribution in [1.82, 2.24) is 4.98 Å². The van der Waals surface area contributed by atoms with Gasteiger partial charge in [-0.2, -0.15) is 0 Å². The predicted molar refractivity (Wildman–Crippen MR) is 168 cm³/mol. The largest absolute Gasteiger partial charge is 0.236 e. The van der Waals surface area contributed by atoms with E-state index in [2.05, 4.69) is 133 Å². The molecule has 0 atom stereocenters. The molecule has 8 rings (SSSR count). The first-order valence-electron chi connectivity index (χ1n) is 13.2. The van der Waals surface area contributed by atoms with Crippen LogP contribution in [-0.2, 0) is 0 Å². The first-order valence-corrected chi connectivity index (χ1v) is 14.0. The van der Waals surface area contributed by atoms with Crippen LogP contribution in [0.25, 0.3) is 75.4 Å². The Balaban J connectivity index is 1.19. The van der Waals surface area contributed by atoms with Gasteiger partial charge in [0.1, 0.15) is 5.01 Å². The van der Waals surface area contributed by atoms with Crippen molar-refractivity contribution in [2.24, 2.45) is 0 Å². The zero-order valence-electron chi connectivity index (χ0n) is 21.1. The zero-order chi connectivity index (χ0) is 25.8. The maximum atomic E-state index is 4.86. The van der Waals surface area contributed by atoms with Gasteiger partial charge in [-0.3, -0.25) is 0 Å². The van der Waals surface area contributed by atoms with Crippen molar-refractivity contribution in [2.75, 3.05) is 0 Å². The first-order chi connectivity index (χ1) is 19.3. The summed E-state index contributed by atoms with van der Waals surface area (Å²) in [4.78, 5) is 4.86. The van der Waals surface area contributed by atoms with E-state index < -0.39 is 0 Å². The molecule has 0 N–H and O–H groups in total. The van der Waals surface area contributed by atoms with Crippen molar-refractivity contribution >= 4 is 53.9 Å². The normalized spacial score (nSPS) is 11.6. The molecule has 0 spiro atoms. The van der Waals surface area contributed by atoms with E-state index in [0.717, 1.165) is 16.1 Å². The van der Waals surface area contributed by atoms with Crippen LogP contribution in [0.1, 0.15) is 0 Å². The van der Waals surface area contributed by atoms with E-state index in [1.807, 2.05) is 6.07 Å². The summed E-state index contributed by atoms with van der Waals surface area (Å²) >= 11 is 1.74. The van der Waals surface area contributed by atoms with Crippen LogP contribution in [0, 0.1) is 0 Å². The van der Waals surface area contributed by atoms with E-state index in [4.69, 9.17) is 4.98 Å². The van der Waals surface area contributed by atoms with E-state index >= 15 is 0 Å². The Morgan fingerprint density at radius 1 is 0.359 bits per heavy atom. The van der Waals surface area contributed by atoms with Crippen LogP contribution in [0.5, 0.6) is 0 Å². The molecule has 0 aliphatic heterocycles. The molecule has 182 valence electrons. The van der Waals surface area contributed by atoms with Crippen LogP contribution < -0.4 is 0 Å². The molecule has 0 saturated heterocycles. The van der Waals surface area contributed by atoms with Gasteiger partial charge in [0.05, 0.1) is 10.2 Å². The van der Waals surface area contributed by atoms with Gasteiger partial charge >= 0.3 is 0 Å². The molecule has 0 aliphatic rings. The topological polar surface area (TPSA) is 12.9 Å². The summed E-state index contributed by atoms with van der Waals surface area (Å²) in [5.74, 6) is 0. The Labute approximate surface area is 230 Å². The average molecular weight is 514 g/mol. The van der Waals surface area contributed by atoms with E-state index in [0.29, 0.717) is 0 Å². The second kappa shape index (κ2) is 8.90. The fourth-order valence-electron chi connectivity index (χ4n) is 5.77. The molecule has 1 aromatic heterocycles. The molecule has 2 heteroatoms. The van der Waals surface area contributed by atoms with Crippen LogP contribution in [0.3, 0.4) is 0 Å². The van der Waals surface area contributed by atoms with Crippen LogP contribution in [0.4, 0.5) is 0 Å². The molecular formula is C37H23NS. The third kappa shape index (κ3) is 3.72. The lowest BCUT2D eigenvalue weighted by Crippen LogP contribution is -1.85.